The fraction of sp³-hybridized carbons (Fsp3) is 0.308. The van der Waals surface area contributed by atoms with Crippen molar-refractivity contribution in [1.29, 1.82) is 0 Å². The van der Waals surface area contributed by atoms with Crippen molar-refractivity contribution in [3.05, 3.63) is 134 Å². The number of aliphatic imine (C=N–C) groups is 1. The lowest BCUT2D eigenvalue weighted by Gasteiger charge is -2.34. The molecule has 2 aliphatic heterocycles. The number of hydrogen-bond donors (Lipinski definition) is 0. The van der Waals surface area contributed by atoms with Crippen molar-refractivity contribution in [3.63, 3.8) is 0 Å². The Hall–Kier alpha value is -4.38. The number of halogens is 5. The van der Waals surface area contributed by atoms with Crippen LogP contribution in [0.1, 0.15) is 71.0 Å². The van der Waals surface area contributed by atoms with Crippen molar-refractivity contribution in [2.24, 2.45) is 4.99 Å². The lowest BCUT2D eigenvalue weighted by Crippen LogP contribution is -2.47. The van der Waals surface area contributed by atoms with Crippen molar-refractivity contribution in [1.82, 2.24) is 14.7 Å². The maximum atomic E-state index is 14.8. The molecule has 12 heteroatoms. The van der Waals surface area contributed by atoms with Crippen LogP contribution >= 0.6 is 23.2 Å². The van der Waals surface area contributed by atoms with E-state index in [9.17, 15) is 22.8 Å². The van der Waals surface area contributed by atoms with Crippen LogP contribution in [0.3, 0.4) is 0 Å². The Morgan fingerprint density at radius 3 is 1.98 bits per heavy atom. The summed E-state index contributed by atoms with van der Waals surface area (Å²) in [4.78, 5) is 37.3. The fourth-order valence-electron chi connectivity index (χ4n) is 6.47. The van der Waals surface area contributed by atoms with E-state index in [1.54, 1.807) is 62.1 Å². The molecule has 2 aliphatic rings. The van der Waals surface area contributed by atoms with E-state index in [0.29, 0.717) is 35.2 Å². The zero-order valence-electron chi connectivity index (χ0n) is 28.3. The van der Waals surface area contributed by atoms with Gasteiger partial charge in [0.25, 0.3) is 5.91 Å². The van der Waals surface area contributed by atoms with Crippen LogP contribution in [0.4, 0.5) is 13.2 Å². The van der Waals surface area contributed by atoms with Gasteiger partial charge in [0.1, 0.15) is 17.6 Å². The highest BCUT2D eigenvalue weighted by molar-refractivity contribution is 6.30. The van der Waals surface area contributed by atoms with Gasteiger partial charge in [-0.1, -0.05) is 59.6 Å². The lowest BCUT2D eigenvalue weighted by atomic mass is 9.93. The molecule has 0 bridgehead atoms. The Kier molecular flexibility index (Phi) is 10.8. The Bertz CT molecular complexity index is 1910. The number of nitrogens with zero attached hydrogens (tertiary/aromatic N) is 4. The van der Waals surface area contributed by atoms with Gasteiger partial charge in [0.15, 0.2) is 0 Å². The Morgan fingerprint density at radius 2 is 1.43 bits per heavy atom. The summed E-state index contributed by atoms with van der Waals surface area (Å²) in [6, 6.07) is 23.4. The molecule has 2 atom stereocenters. The first-order valence-electron chi connectivity index (χ1n) is 16.7. The van der Waals surface area contributed by atoms with E-state index in [1.807, 2.05) is 41.3 Å². The number of amidine groups is 1. The summed E-state index contributed by atoms with van der Waals surface area (Å²) >= 11 is 12.5. The van der Waals surface area contributed by atoms with E-state index in [4.69, 9.17) is 32.9 Å². The third-order valence-electron chi connectivity index (χ3n) is 9.05. The van der Waals surface area contributed by atoms with Crippen LogP contribution in [0.15, 0.2) is 96.0 Å². The molecule has 2 heterocycles. The highest BCUT2D eigenvalue weighted by Crippen LogP contribution is 2.46. The van der Waals surface area contributed by atoms with E-state index < -0.39 is 29.9 Å². The molecule has 266 valence electrons. The molecule has 0 aromatic heterocycles. The fourth-order valence-corrected chi connectivity index (χ4v) is 6.73. The second kappa shape index (κ2) is 15.1. The number of rotatable bonds is 8. The van der Waals surface area contributed by atoms with Gasteiger partial charge in [-0.3, -0.25) is 24.4 Å². The summed E-state index contributed by atoms with van der Waals surface area (Å²) in [6.45, 7) is 8.50. The molecular weight excluding hydrogens is 700 g/mol. The van der Waals surface area contributed by atoms with Gasteiger partial charge < -0.3 is 9.64 Å². The molecular formula is C39H37Cl2F3N4O3. The largest absolute Gasteiger partial charge is 0.490 e. The Balaban J connectivity index is 1.43. The number of carbonyl (C=O) groups excluding carboxylic acids is 2. The van der Waals surface area contributed by atoms with Gasteiger partial charge in [-0.2, -0.15) is 13.2 Å². The second-order valence-corrected chi connectivity index (χ2v) is 13.8. The van der Waals surface area contributed by atoms with Crippen LogP contribution < -0.4 is 4.74 Å². The number of alkyl halides is 3. The lowest BCUT2D eigenvalue weighted by molar-refractivity contribution is -0.137. The summed E-state index contributed by atoms with van der Waals surface area (Å²) in [5.41, 5.74) is 2.24. The molecule has 0 radical (unpaired) electrons. The summed E-state index contributed by atoms with van der Waals surface area (Å²) in [6.07, 6.45) is -5.07. The van der Waals surface area contributed by atoms with Gasteiger partial charge in [0.2, 0.25) is 5.91 Å². The molecule has 51 heavy (non-hydrogen) atoms. The normalized spacial score (nSPS) is 18.3. The van der Waals surface area contributed by atoms with Gasteiger partial charge in [-0.05, 0) is 85.1 Å². The molecule has 4 aromatic rings. The number of ether oxygens (including phenoxy) is 1. The average Bonchev–Trinajstić information content (AvgIpc) is 3.49. The molecule has 1 fully saturated rings. The molecule has 1 saturated heterocycles. The smallest absolute Gasteiger partial charge is 0.416 e. The molecule has 4 aromatic carbocycles. The van der Waals surface area contributed by atoms with Crippen molar-refractivity contribution < 1.29 is 27.5 Å². The molecule has 0 aliphatic carbocycles. The molecule has 7 nitrogen and oxygen atoms in total. The summed E-state index contributed by atoms with van der Waals surface area (Å²) < 4.78 is 47.7. The first-order chi connectivity index (χ1) is 24.3. The Morgan fingerprint density at radius 1 is 0.843 bits per heavy atom. The van der Waals surface area contributed by atoms with Crippen LogP contribution in [-0.4, -0.2) is 64.6 Å². The zero-order valence-corrected chi connectivity index (χ0v) is 29.8. The summed E-state index contributed by atoms with van der Waals surface area (Å²) in [5, 5.41) is 1.03. The SMILES string of the molecule is CC(=O)N1CCN(Cc2ccc(C(=O)N3C(c4ccc(C(F)(F)F)cc4OC(C)C)=NC(c4ccc(Cl)cc4)C3c3ccc(Cl)cc3)cc2)CC1. The van der Waals surface area contributed by atoms with Gasteiger partial charge >= 0.3 is 6.18 Å². The number of hydrogen-bond acceptors (Lipinski definition) is 5. The molecule has 2 amide bonds. The monoisotopic (exact) mass is 736 g/mol. The van der Waals surface area contributed by atoms with E-state index in [0.717, 1.165) is 41.9 Å². The number of carbonyl (C=O) groups is 2. The van der Waals surface area contributed by atoms with E-state index in [1.165, 1.54) is 6.07 Å². The highest BCUT2D eigenvalue weighted by atomic mass is 35.5. The summed E-state index contributed by atoms with van der Waals surface area (Å²) in [5.74, 6) is -0.182. The quantitative estimate of drug-likeness (QED) is 0.181. The third-order valence-corrected chi connectivity index (χ3v) is 9.55. The van der Waals surface area contributed by atoms with Crippen LogP contribution in [-0.2, 0) is 17.5 Å². The van der Waals surface area contributed by atoms with Gasteiger partial charge in [0.05, 0.1) is 23.3 Å². The van der Waals surface area contributed by atoms with Gasteiger partial charge in [0, 0.05) is 55.3 Å². The number of piperazine rings is 1. The van der Waals surface area contributed by atoms with Gasteiger partial charge in [-0.15, -0.1) is 0 Å². The predicted molar refractivity (Wildman–Crippen MR) is 192 cm³/mol. The average molecular weight is 738 g/mol. The summed E-state index contributed by atoms with van der Waals surface area (Å²) in [7, 11) is 0. The Labute approximate surface area is 305 Å². The van der Waals surface area contributed by atoms with Crippen LogP contribution in [0, 0.1) is 0 Å². The molecule has 2 unspecified atom stereocenters. The number of amides is 2. The second-order valence-electron chi connectivity index (χ2n) is 13.0. The molecule has 0 spiro atoms. The van der Waals surface area contributed by atoms with Crippen LogP contribution in [0.2, 0.25) is 10.0 Å². The van der Waals surface area contributed by atoms with Crippen LogP contribution in [0.5, 0.6) is 5.75 Å². The first-order valence-corrected chi connectivity index (χ1v) is 17.4. The van der Waals surface area contributed by atoms with Gasteiger partial charge in [-0.25, -0.2) is 0 Å². The third kappa shape index (κ3) is 8.24. The predicted octanol–water partition coefficient (Wildman–Crippen LogP) is 8.85. The van der Waals surface area contributed by atoms with E-state index >= 15 is 0 Å². The molecule has 6 rings (SSSR count). The number of benzene rings is 4. The van der Waals surface area contributed by atoms with Crippen molar-refractivity contribution in [2.75, 3.05) is 26.2 Å². The van der Waals surface area contributed by atoms with Crippen molar-refractivity contribution in [3.8, 4) is 5.75 Å². The van der Waals surface area contributed by atoms with Crippen LogP contribution in [0.25, 0.3) is 0 Å². The maximum absolute atomic E-state index is 14.8. The topological polar surface area (TPSA) is 65.5 Å². The van der Waals surface area contributed by atoms with E-state index in [-0.39, 0.29) is 29.0 Å². The first kappa shape index (κ1) is 36.4. The highest BCUT2D eigenvalue weighted by Gasteiger charge is 2.44. The van der Waals surface area contributed by atoms with E-state index in [2.05, 4.69) is 4.90 Å². The molecule has 0 saturated carbocycles. The minimum absolute atomic E-state index is 0.0387. The molecule has 0 N–H and O–H groups in total. The minimum atomic E-state index is -4.61. The zero-order chi connectivity index (χ0) is 36.4. The standard InChI is InChI=1S/C39H37Cl2F3N4O3/c1-24(2)51-34-22-30(39(42,43)44)12-17-33(34)37-45-35(27-8-13-31(40)14-9-27)36(28-10-15-32(41)16-11-28)48(37)38(50)29-6-4-26(5-7-29)23-46-18-20-47(21-19-46)25(3)49/h4-17,22,24,35-36H,18-21,23H2,1-3H3. The van der Waals surface area contributed by atoms with Crippen molar-refractivity contribution in [2.45, 2.75) is 51.7 Å². The maximum Gasteiger partial charge on any atom is 0.416 e. The van der Waals surface area contributed by atoms with Crippen molar-refractivity contribution >= 4 is 40.9 Å². The minimum Gasteiger partial charge on any atom is -0.490 e.